The van der Waals surface area contributed by atoms with Gasteiger partial charge < -0.3 is 28.2 Å². The second-order valence-electron chi connectivity index (χ2n) is 13.6. The van der Waals surface area contributed by atoms with Crippen molar-refractivity contribution in [3.05, 3.63) is 89.2 Å². The molecule has 1 unspecified atom stereocenters. The van der Waals surface area contributed by atoms with Crippen LogP contribution >= 0.6 is 7.60 Å². The van der Waals surface area contributed by atoms with Crippen LogP contribution in [0.1, 0.15) is 77.0 Å². The number of anilines is 1. The van der Waals surface area contributed by atoms with Gasteiger partial charge in [-0.1, -0.05) is 57.0 Å². The predicted octanol–water partition coefficient (Wildman–Crippen LogP) is 6.39. The van der Waals surface area contributed by atoms with E-state index in [4.69, 9.17) is 4.52 Å². The van der Waals surface area contributed by atoms with E-state index in [1.165, 1.54) is 34.7 Å². The third-order valence-electron chi connectivity index (χ3n) is 9.28. The van der Waals surface area contributed by atoms with Crippen LogP contribution in [0.5, 0.6) is 0 Å². The summed E-state index contributed by atoms with van der Waals surface area (Å²) in [6.07, 6.45) is 12.6. The minimum atomic E-state index is -4.70. The SMILES string of the molecule is CCCC[N+]1=C(C=CC=CC=C2N(CCP(=O)([O-])OCCCCOC=O)c3ccc(S(=O)(=O)[O-])cc3C2(C)C)C(C)(C)c2cc(C)ccc21. The molecule has 0 aromatic heterocycles. The Morgan fingerprint density at radius 2 is 1.69 bits per heavy atom. The molecular formula is C37H48N2O8PS-. The largest absolute Gasteiger partial charge is 0.778 e. The van der Waals surface area contributed by atoms with Crippen LogP contribution in [0.4, 0.5) is 11.4 Å². The van der Waals surface area contributed by atoms with Gasteiger partial charge in [0.1, 0.15) is 24.3 Å². The lowest BCUT2D eigenvalue weighted by Gasteiger charge is -2.30. The molecular weight excluding hydrogens is 663 g/mol. The second kappa shape index (κ2) is 15.7. The van der Waals surface area contributed by atoms with Crippen molar-refractivity contribution in [3.8, 4) is 0 Å². The zero-order valence-electron chi connectivity index (χ0n) is 29.3. The Hall–Kier alpha value is -3.34. The summed E-state index contributed by atoms with van der Waals surface area (Å²) in [5, 5.41) is 0. The standard InChI is InChI=1S/C37H49N2O8PS/c1-7-8-20-38-32-18-16-28(2)25-30(32)36(3,4)34(38)14-10-9-11-15-35-37(5,6)31-26-29(49(43,44)45)17-19-33(31)39(35)21-24-48(41,42)47-23-13-12-22-46-27-40/h9-11,14-19,25-27H,7-8,12-13,20-24H2,1-6H3,(H-,41,42,43,44,45)/p-1. The lowest BCUT2D eigenvalue weighted by atomic mass is 9.81. The van der Waals surface area contributed by atoms with Crippen LogP contribution in [0.2, 0.25) is 0 Å². The molecule has 4 rings (SSSR count). The van der Waals surface area contributed by atoms with Gasteiger partial charge in [0.15, 0.2) is 5.71 Å². The summed E-state index contributed by atoms with van der Waals surface area (Å²) < 4.78 is 60.7. The van der Waals surface area contributed by atoms with E-state index in [1.807, 2.05) is 43.1 Å². The van der Waals surface area contributed by atoms with Gasteiger partial charge in [-0.3, -0.25) is 4.79 Å². The molecule has 2 aromatic rings. The van der Waals surface area contributed by atoms with Gasteiger partial charge in [0.25, 0.3) is 6.47 Å². The predicted molar refractivity (Wildman–Crippen MR) is 190 cm³/mol. The van der Waals surface area contributed by atoms with E-state index in [-0.39, 0.29) is 36.2 Å². The number of fused-ring (bicyclic) bond motifs is 2. The molecule has 0 radical (unpaired) electrons. The van der Waals surface area contributed by atoms with E-state index in [1.54, 1.807) is 6.07 Å². The fourth-order valence-electron chi connectivity index (χ4n) is 6.58. The van der Waals surface area contributed by atoms with Gasteiger partial charge in [-0.05, 0) is 69.5 Å². The molecule has 1 atom stereocenters. The zero-order chi connectivity index (χ0) is 36.0. The molecule has 2 aromatic carbocycles. The van der Waals surface area contributed by atoms with E-state index in [0.29, 0.717) is 30.6 Å². The highest BCUT2D eigenvalue weighted by atomic mass is 32.2. The minimum absolute atomic E-state index is 0.0239. The fourth-order valence-corrected chi connectivity index (χ4v) is 8.06. The maximum absolute atomic E-state index is 12.8. The van der Waals surface area contributed by atoms with Gasteiger partial charge in [0.2, 0.25) is 5.69 Å². The van der Waals surface area contributed by atoms with E-state index in [2.05, 4.69) is 61.3 Å². The van der Waals surface area contributed by atoms with Gasteiger partial charge in [-0.15, -0.1) is 0 Å². The Bertz CT molecular complexity index is 1820. The number of carbonyl (C=O) groups excluding carboxylic acids is 1. The van der Waals surface area contributed by atoms with E-state index in [0.717, 1.165) is 25.1 Å². The molecule has 0 saturated heterocycles. The number of unbranched alkanes of at least 4 members (excludes halogenated alkanes) is 2. The molecule has 0 bridgehead atoms. The highest BCUT2D eigenvalue weighted by Gasteiger charge is 2.44. The Balaban J connectivity index is 1.61. The average molecular weight is 712 g/mol. The number of hydrogen-bond donors (Lipinski definition) is 0. The Morgan fingerprint density at radius 3 is 2.39 bits per heavy atom. The first-order chi connectivity index (χ1) is 23.0. The molecule has 266 valence electrons. The monoisotopic (exact) mass is 711 g/mol. The summed E-state index contributed by atoms with van der Waals surface area (Å²) in [7, 11) is -8.93. The summed E-state index contributed by atoms with van der Waals surface area (Å²) in [5.41, 5.74) is 6.05. The maximum Gasteiger partial charge on any atom is 0.293 e. The first-order valence-corrected chi connectivity index (χ1v) is 19.9. The average Bonchev–Trinajstić information content (AvgIpc) is 3.37. The van der Waals surface area contributed by atoms with Crippen LogP contribution in [0.3, 0.4) is 0 Å². The summed E-state index contributed by atoms with van der Waals surface area (Å²) >= 11 is 0. The molecule has 10 nitrogen and oxygen atoms in total. The molecule has 0 saturated carbocycles. The van der Waals surface area contributed by atoms with Crippen LogP contribution in [0.15, 0.2) is 77.4 Å². The Labute approximate surface area is 291 Å². The first-order valence-electron chi connectivity index (χ1n) is 16.7. The highest BCUT2D eigenvalue weighted by Crippen LogP contribution is 2.49. The van der Waals surface area contributed by atoms with Crippen LogP contribution < -0.4 is 9.79 Å². The third kappa shape index (κ3) is 8.88. The highest BCUT2D eigenvalue weighted by molar-refractivity contribution is 7.85. The van der Waals surface area contributed by atoms with Crippen molar-refractivity contribution in [1.82, 2.24) is 0 Å². The number of nitrogens with zero attached hydrogens (tertiary/aromatic N) is 2. The molecule has 0 amide bonds. The van der Waals surface area contributed by atoms with E-state index < -0.39 is 23.1 Å². The fraction of sp³-hybridized carbons (Fsp3) is 0.459. The van der Waals surface area contributed by atoms with E-state index >= 15 is 0 Å². The lowest BCUT2D eigenvalue weighted by molar-refractivity contribution is -0.438. The van der Waals surface area contributed by atoms with Gasteiger partial charge in [-0.2, -0.15) is 4.58 Å². The maximum atomic E-state index is 12.8. The smallest absolute Gasteiger partial charge is 0.293 e. The molecule has 2 aliphatic heterocycles. The molecule has 12 heteroatoms. The number of carbonyl (C=O) groups is 1. The van der Waals surface area contributed by atoms with Crippen molar-refractivity contribution in [2.24, 2.45) is 0 Å². The van der Waals surface area contributed by atoms with Crippen molar-refractivity contribution < 1.29 is 41.1 Å². The Morgan fingerprint density at radius 1 is 0.959 bits per heavy atom. The van der Waals surface area contributed by atoms with Gasteiger partial charge >= 0.3 is 0 Å². The number of rotatable bonds is 17. The normalized spacial score (nSPS) is 18.8. The van der Waals surface area contributed by atoms with Gasteiger partial charge in [0.05, 0.1) is 23.5 Å². The van der Waals surface area contributed by atoms with Crippen LogP contribution in [-0.2, 0) is 39.6 Å². The molecule has 0 fully saturated rings. The topological polar surface area (TPSA) is 139 Å². The molecule has 0 N–H and O–H groups in total. The third-order valence-corrected chi connectivity index (χ3v) is 11.4. The number of benzene rings is 2. The van der Waals surface area contributed by atoms with Crippen molar-refractivity contribution in [2.75, 3.05) is 37.4 Å². The van der Waals surface area contributed by atoms with Crippen molar-refractivity contribution >= 4 is 41.3 Å². The quantitative estimate of drug-likeness (QED) is 0.0456. The van der Waals surface area contributed by atoms with Crippen molar-refractivity contribution in [2.45, 2.75) is 83.0 Å². The van der Waals surface area contributed by atoms with Crippen LogP contribution in [-0.4, -0.2) is 62.2 Å². The molecule has 49 heavy (non-hydrogen) atoms. The van der Waals surface area contributed by atoms with Gasteiger partial charge in [-0.25, -0.2) is 8.42 Å². The number of aryl methyl sites for hydroxylation is 1. The minimum Gasteiger partial charge on any atom is -0.778 e. The van der Waals surface area contributed by atoms with Crippen LogP contribution in [0.25, 0.3) is 0 Å². The van der Waals surface area contributed by atoms with Crippen molar-refractivity contribution in [3.63, 3.8) is 0 Å². The summed E-state index contributed by atoms with van der Waals surface area (Å²) in [6, 6.07) is 10.8. The van der Waals surface area contributed by atoms with Crippen molar-refractivity contribution in [1.29, 1.82) is 0 Å². The second-order valence-corrected chi connectivity index (χ2v) is 16.9. The first kappa shape index (κ1) is 38.5. The summed E-state index contributed by atoms with van der Waals surface area (Å²) in [5.74, 6) is 0. The lowest BCUT2D eigenvalue weighted by Crippen LogP contribution is -2.29. The summed E-state index contributed by atoms with van der Waals surface area (Å²) in [4.78, 5) is 24.6. The molecule has 0 spiro atoms. The van der Waals surface area contributed by atoms with Gasteiger partial charge in [0, 0.05) is 53.6 Å². The van der Waals surface area contributed by atoms with Crippen LogP contribution in [0, 0.1) is 6.92 Å². The zero-order valence-corrected chi connectivity index (χ0v) is 31.0. The molecule has 2 heterocycles. The number of hydrogen-bond acceptors (Lipinski definition) is 9. The molecule has 0 aliphatic carbocycles. The Kier molecular flexibility index (Phi) is 12.3. The molecule has 2 aliphatic rings. The number of allylic oxidation sites excluding steroid dienone is 6. The number of ether oxygens (including phenoxy) is 1. The summed E-state index contributed by atoms with van der Waals surface area (Å²) in [6.45, 7) is 14.1. The van der Waals surface area contributed by atoms with E-state index in [9.17, 15) is 27.2 Å².